The van der Waals surface area contributed by atoms with Crippen LogP contribution in [-0.4, -0.2) is 16.7 Å². The zero-order valence-electron chi connectivity index (χ0n) is 15.1. The van der Waals surface area contributed by atoms with Crippen LogP contribution in [0.4, 0.5) is 5.69 Å². The summed E-state index contributed by atoms with van der Waals surface area (Å²) in [5, 5.41) is 7.31. The number of hydrazone groups is 1. The SMILES string of the molecule is Cc1c(C(=O)Nc2ccccc2)oc2c1/C(=N\NC(N)=S)CC(C)(C)C2. The lowest BCUT2D eigenvalue weighted by molar-refractivity contribution is 0.0993. The van der Waals surface area contributed by atoms with E-state index < -0.39 is 0 Å². The fourth-order valence-electron chi connectivity index (χ4n) is 3.26. The van der Waals surface area contributed by atoms with E-state index in [1.807, 2.05) is 37.3 Å². The Hall–Kier alpha value is -2.67. The van der Waals surface area contributed by atoms with E-state index in [4.69, 9.17) is 22.4 Å². The first-order valence-corrected chi connectivity index (χ1v) is 8.79. The monoisotopic (exact) mass is 370 g/mol. The minimum atomic E-state index is -0.275. The number of rotatable bonds is 3. The number of nitrogens with one attached hydrogen (secondary N) is 2. The summed E-state index contributed by atoms with van der Waals surface area (Å²) in [6.45, 7) is 6.14. The molecule has 3 rings (SSSR count). The minimum absolute atomic E-state index is 0.0405. The van der Waals surface area contributed by atoms with Crippen molar-refractivity contribution in [2.24, 2.45) is 16.3 Å². The van der Waals surface area contributed by atoms with Crippen molar-refractivity contribution in [3.8, 4) is 0 Å². The van der Waals surface area contributed by atoms with Crippen LogP contribution in [-0.2, 0) is 6.42 Å². The average Bonchev–Trinajstić information content (AvgIpc) is 2.89. The van der Waals surface area contributed by atoms with Crippen molar-refractivity contribution < 1.29 is 9.21 Å². The zero-order valence-corrected chi connectivity index (χ0v) is 15.9. The summed E-state index contributed by atoms with van der Waals surface area (Å²) in [5.41, 5.74) is 11.3. The second-order valence-corrected chi connectivity index (χ2v) is 7.67. The molecule has 0 bridgehead atoms. The van der Waals surface area contributed by atoms with E-state index in [9.17, 15) is 4.79 Å². The quantitative estimate of drug-likeness (QED) is 0.569. The molecule has 0 spiro atoms. The molecule has 0 atom stereocenters. The second kappa shape index (κ2) is 6.92. The molecule has 26 heavy (non-hydrogen) atoms. The molecule has 1 aliphatic rings. The highest BCUT2D eigenvalue weighted by Gasteiger charge is 2.36. The number of fused-ring (bicyclic) bond motifs is 1. The van der Waals surface area contributed by atoms with Gasteiger partial charge in [-0.15, -0.1) is 0 Å². The third-order valence-corrected chi connectivity index (χ3v) is 4.42. The molecule has 0 unspecified atom stereocenters. The highest BCUT2D eigenvalue weighted by atomic mass is 32.1. The molecule has 0 fully saturated rings. The summed E-state index contributed by atoms with van der Waals surface area (Å²) in [7, 11) is 0. The Morgan fingerprint density at radius 3 is 2.62 bits per heavy atom. The molecule has 0 radical (unpaired) electrons. The number of benzene rings is 1. The summed E-state index contributed by atoms with van der Waals surface area (Å²) >= 11 is 4.84. The van der Waals surface area contributed by atoms with E-state index in [1.54, 1.807) is 0 Å². The van der Waals surface area contributed by atoms with E-state index in [2.05, 4.69) is 29.7 Å². The van der Waals surface area contributed by atoms with Crippen LogP contribution in [0.3, 0.4) is 0 Å². The topological polar surface area (TPSA) is 92.6 Å². The molecule has 6 nitrogen and oxygen atoms in total. The Balaban J connectivity index is 1.97. The number of para-hydroxylation sites is 1. The number of anilines is 1. The van der Waals surface area contributed by atoms with Crippen molar-refractivity contribution >= 4 is 34.6 Å². The van der Waals surface area contributed by atoms with Gasteiger partial charge in [-0.1, -0.05) is 32.0 Å². The Kier molecular flexibility index (Phi) is 4.82. The molecule has 1 aliphatic carbocycles. The standard InChI is InChI=1S/C19H22N4O2S/c1-11-15-13(22-23-18(20)26)9-19(2,3)10-14(15)25-16(11)17(24)21-12-7-5-4-6-8-12/h4-8H,9-10H2,1-3H3,(H,21,24)(H3,20,23,26)/b22-13-. The number of amides is 1. The maximum atomic E-state index is 12.7. The molecule has 1 heterocycles. The number of carbonyl (C=O) groups is 1. The molecular weight excluding hydrogens is 348 g/mol. The van der Waals surface area contributed by atoms with Crippen LogP contribution >= 0.6 is 12.2 Å². The highest BCUT2D eigenvalue weighted by Crippen LogP contribution is 2.38. The molecule has 1 aromatic heterocycles. The van der Waals surface area contributed by atoms with Gasteiger partial charge in [0.15, 0.2) is 10.9 Å². The first-order chi connectivity index (χ1) is 12.3. The number of hydrogen-bond donors (Lipinski definition) is 3. The Bertz CT molecular complexity index is 884. The van der Waals surface area contributed by atoms with Crippen LogP contribution in [0.2, 0.25) is 0 Å². The van der Waals surface area contributed by atoms with Crippen molar-refractivity contribution in [3.63, 3.8) is 0 Å². The highest BCUT2D eigenvalue weighted by molar-refractivity contribution is 7.80. The molecule has 0 aliphatic heterocycles. The van der Waals surface area contributed by atoms with Crippen LogP contribution in [0.5, 0.6) is 0 Å². The van der Waals surface area contributed by atoms with Gasteiger partial charge in [0.2, 0.25) is 0 Å². The third kappa shape index (κ3) is 3.77. The molecule has 4 N–H and O–H groups in total. The average molecular weight is 370 g/mol. The van der Waals surface area contributed by atoms with Gasteiger partial charge in [0, 0.05) is 23.2 Å². The van der Waals surface area contributed by atoms with Gasteiger partial charge in [-0.3, -0.25) is 10.2 Å². The van der Waals surface area contributed by atoms with Crippen molar-refractivity contribution in [2.45, 2.75) is 33.6 Å². The molecule has 0 saturated carbocycles. The van der Waals surface area contributed by atoms with Crippen LogP contribution in [0.25, 0.3) is 0 Å². The molecular formula is C19H22N4O2S. The van der Waals surface area contributed by atoms with E-state index >= 15 is 0 Å². The first-order valence-electron chi connectivity index (χ1n) is 8.38. The van der Waals surface area contributed by atoms with Gasteiger partial charge >= 0.3 is 0 Å². The number of nitrogens with zero attached hydrogens (tertiary/aromatic N) is 1. The predicted octanol–water partition coefficient (Wildman–Crippen LogP) is 3.35. The molecule has 7 heteroatoms. The van der Waals surface area contributed by atoms with E-state index in [-0.39, 0.29) is 16.4 Å². The first kappa shape index (κ1) is 18.1. The third-order valence-electron chi connectivity index (χ3n) is 4.33. The Labute approximate surface area is 157 Å². The number of carbonyl (C=O) groups excluding carboxylic acids is 1. The second-order valence-electron chi connectivity index (χ2n) is 7.23. The number of hydrogen-bond acceptors (Lipinski definition) is 4. The van der Waals surface area contributed by atoms with Crippen molar-refractivity contribution in [1.82, 2.24) is 5.43 Å². The van der Waals surface area contributed by atoms with Crippen LogP contribution in [0.1, 0.15) is 47.7 Å². The molecule has 136 valence electrons. The molecule has 1 aromatic carbocycles. The number of nitrogens with two attached hydrogens (primary N) is 1. The molecule has 0 saturated heterocycles. The lowest BCUT2D eigenvalue weighted by Crippen LogP contribution is -2.31. The lowest BCUT2D eigenvalue weighted by atomic mass is 9.75. The van der Waals surface area contributed by atoms with Gasteiger partial charge in [-0.05, 0) is 43.1 Å². The fraction of sp³-hybridized carbons (Fsp3) is 0.316. The summed E-state index contributed by atoms with van der Waals surface area (Å²) in [6.07, 6.45) is 1.46. The van der Waals surface area contributed by atoms with Gasteiger partial charge in [0.25, 0.3) is 5.91 Å². The molecule has 2 aromatic rings. The van der Waals surface area contributed by atoms with Crippen LogP contribution < -0.4 is 16.5 Å². The van der Waals surface area contributed by atoms with Crippen molar-refractivity contribution in [1.29, 1.82) is 0 Å². The minimum Gasteiger partial charge on any atom is -0.455 e. The van der Waals surface area contributed by atoms with Gasteiger partial charge < -0.3 is 15.5 Å². The van der Waals surface area contributed by atoms with Gasteiger partial charge in [0.1, 0.15) is 5.76 Å². The van der Waals surface area contributed by atoms with Crippen molar-refractivity contribution in [2.75, 3.05) is 5.32 Å². The zero-order chi connectivity index (χ0) is 18.9. The maximum Gasteiger partial charge on any atom is 0.291 e. The summed E-state index contributed by atoms with van der Waals surface area (Å²) < 4.78 is 5.96. The normalized spacial score (nSPS) is 16.8. The van der Waals surface area contributed by atoms with Crippen molar-refractivity contribution in [3.05, 3.63) is 53.0 Å². The Morgan fingerprint density at radius 2 is 1.96 bits per heavy atom. The summed E-state index contributed by atoms with van der Waals surface area (Å²) in [4.78, 5) is 12.7. The maximum absolute atomic E-state index is 12.7. The van der Waals surface area contributed by atoms with E-state index in [0.29, 0.717) is 5.76 Å². The summed E-state index contributed by atoms with van der Waals surface area (Å²) in [6, 6.07) is 9.29. The van der Waals surface area contributed by atoms with Crippen LogP contribution in [0, 0.1) is 12.3 Å². The number of thiocarbonyl (C=S) groups is 1. The predicted molar refractivity (Wildman–Crippen MR) is 106 cm³/mol. The largest absolute Gasteiger partial charge is 0.455 e. The number of furan rings is 1. The smallest absolute Gasteiger partial charge is 0.291 e. The lowest BCUT2D eigenvalue weighted by Gasteiger charge is -2.29. The Morgan fingerprint density at radius 1 is 1.27 bits per heavy atom. The van der Waals surface area contributed by atoms with E-state index in [1.165, 1.54) is 0 Å². The van der Waals surface area contributed by atoms with Gasteiger partial charge in [-0.2, -0.15) is 5.10 Å². The summed E-state index contributed by atoms with van der Waals surface area (Å²) in [5.74, 6) is 0.794. The fourth-order valence-corrected chi connectivity index (χ4v) is 3.30. The van der Waals surface area contributed by atoms with Gasteiger partial charge in [-0.25, -0.2) is 0 Å². The molecule has 1 amide bonds. The van der Waals surface area contributed by atoms with E-state index in [0.717, 1.165) is 41.1 Å². The van der Waals surface area contributed by atoms with Gasteiger partial charge in [0.05, 0.1) is 5.71 Å². The van der Waals surface area contributed by atoms with Crippen LogP contribution in [0.15, 0.2) is 39.9 Å².